The summed E-state index contributed by atoms with van der Waals surface area (Å²) in [6.45, 7) is 82.5. The first-order valence-electron chi connectivity index (χ1n) is 53.2. The van der Waals surface area contributed by atoms with Gasteiger partial charge < -0.3 is 68.2 Å². The lowest BCUT2D eigenvalue weighted by Gasteiger charge is -2.50. The summed E-state index contributed by atoms with van der Waals surface area (Å²) in [5, 5.41) is 18.8. The van der Waals surface area contributed by atoms with E-state index in [9.17, 15) is 5.11 Å². The number of anilines is 7. The number of hydrogen-bond donors (Lipinski definition) is 2. The van der Waals surface area contributed by atoms with Gasteiger partial charge in [-0.3, -0.25) is 69.2 Å². The molecular formula is C111H177N21O7. The fraction of sp³-hybridized carbons (Fsp3) is 0.685. The van der Waals surface area contributed by atoms with E-state index < -0.39 is 5.60 Å². The van der Waals surface area contributed by atoms with E-state index in [0.29, 0.717) is 89.8 Å². The lowest BCUT2D eigenvalue weighted by molar-refractivity contribution is -0.131. The minimum absolute atomic E-state index is 0.255. The maximum atomic E-state index is 9.87. The summed E-state index contributed by atoms with van der Waals surface area (Å²) in [6.07, 6.45) is 15.3. The highest BCUT2D eigenvalue weighted by molar-refractivity contribution is 5.52. The Balaban J connectivity index is 0.000000137. The second-order valence-corrected chi connectivity index (χ2v) is 43.9. The standard InChI is InChI=1S/2C17H27N3O.2C16H25N3O.C16H27N3O.C15H23N3O.C14H23N3O/c1-12(2)17-6-5-15(7-18-17)19-8-14(4)20(9-13(19)3)16-10-21-11-16;1-4-14-10-19(16-11-21-12-16)7-8-20(14)15-5-6-17(13(2)3)18-9-15;1-13(2)15-5-4-14(10-17-15)18-6-8-19(9-7-18)16(3)11-20-12-16;1-12(2)16-5-4-14(8-17-16)19-7-6-18(9-13(19)3)15-10-20-11-15;1-13(2)15-6-5-14(11-17-15)19-9-7-18(8-10-19)12-16(3,4)20;1-12(2)15-4-3-13(9-16-15)17-5-7-18(8-6-17)14-10-19-11-14;1-12(2)14-4-3-13(11-15-14)17-7-5-16(6-8-17)9-10-18/h5-7,12-14,16H,8-11H2,1-4H3;5-6,9,13-14,16H,4,7-8,10-12H2,1-3H3;4-5,10,13H,6-9,11-12H2,1-3H3;4-5,8,12-13,15H,6-7,9-11H2,1-3H3;5-6,11,13,20H,7-10,12H2,1-4H3;3-4,9,12,14H,5-8,10-11H2,1-2H3;3-4,11-12,18H,5-10H2,1-2H3. The molecule has 0 saturated carbocycles. The number of pyridine rings is 7. The maximum absolute atomic E-state index is 9.87. The summed E-state index contributed by atoms with van der Waals surface area (Å²) < 4.78 is 26.6. The molecule has 12 saturated heterocycles. The highest BCUT2D eigenvalue weighted by atomic mass is 16.5. The van der Waals surface area contributed by atoms with E-state index >= 15 is 0 Å². The summed E-state index contributed by atoms with van der Waals surface area (Å²) in [7, 11) is 0. The molecule has 7 aromatic rings. The molecule has 768 valence electrons. The van der Waals surface area contributed by atoms with Gasteiger partial charge in [0.1, 0.15) is 0 Å². The van der Waals surface area contributed by atoms with Gasteiger partial charge >= 0.3 is 0 Å². The van der Waals surface area contributed by atoms with Crippen LogP contribution in [0.25, 0.3) is 0 Å². The minimum atomic E-state index is -0.608. The van der Waals surface area contributed by atoms with Gasteiger partial charge in [-0.25, -0.2) is 0 Å². The highest BCUT2D eigenvalue weighted by Gasteiger charge is 2.42. The molecule has 28 heteroatoms. The molecule has 7 aromatic heterocycles. The minimum Gasteiger partial charge on any atom is -0.395 e. The van der Waals surface area contributed by atoms with Crippen molar-refractivity contribution in [3.8, 4) is 0 Å². The molecule has 19 heterocycles. The zero-order valence-electron chi connectivity index (χ0n) is 89.0. The van der Waals surface area contributed by atoms with E-state index in [1.165, 1.54) is 74.7 Å². The van der Waals surface area contributed by atoms with Crippen molar-refractivity contribution in [2.24, 2.45) is 0 Å². The Bertz CT molecular complexity index is 4590. The van der Waals surface area contributed by atoms with Crippen LogP contribution in [0.4, 0.5) is 39.8 Å². The number of rotatable bonds is 24. The SMILES string of the molecule is CC(C)c1ccc(N2CC(C)N(C3COC3)CC2C)cn1.CC(C)c1ccc(N2CCN(C3(C)COC3)CC2)cn1.CC(C)c1ccc(N2CCN(C3COC3)CC2)cn1.CC(C)c1ccc(N2CCN(C3COC3)CC2C)cn1.CC(C)c1ccc(N2CCN(CC(C)(C)O)CC2)cn1.CC(C)c1ccc(N2CCN(CCO)CC2)cn1.CCC1CN(C2COC2)CCN1c1ccc(C(C)C)nc1. The topological polar surface area (TPSA) is 222 Å². The maximum Gasteiger partial charge on any atom is 0.0718 e. The molecule has 12 fully saturated rings. The first-order chi connectivity index (χ1) is 66.8. The van der Waals surface area contributed by atoms with Gasteiger partial charge in [0.25, 0.3) is 0 Å². The molecule has 2 N–H and O–H groups in total. The van der Waals surface area contributed by atoms with E-state index in [1.807, 2.05) is 51.0 Å². The second-order valence-electron chi connectivity index (χ2n) is 43.9. The van der Waals surface area contributed by atoms with Crippen LogP contribution in [0.3, 0.4) is 0 Å². The van der Waals surface area contributed by atoms with Crippen molar-refractivity contribution in [3.05, 3.63) is 168 Å². The molecule has 139 heavy (non-hydrogen) atoms. The van der Waals surface area contributed by atoms with Crippen LogP contribution >= 0.6 is 0 Å². The van der Waals surface area contributed by atoms with Crippen molar-refractivity contribution >= 4 is 39.8 Å². The molecule has 28 nitrogen and oxygen atoms in total. The molecule has 0 aliphatic carbocycles. The van der Waals surface area contributed by atoms with Crippen LogP contribution in [-0.2, 0) is 23.7 Å². The number of β-amino-alcohol motifs (C(OH)–C–C–N with tert-alkyl or cyclic N) is 2. The Morgan fingerprint density at radius 3 is 0.935 bits per heavy atom. The fourth-order valence-corrected chi connectivity index (χ4v) is 20.3. The smallest absolute Gasteiger partial charge is 0.0718 e. The Morgan fingerprint density at radius 2 is 0.633 bits per heavy atom. The second kappa shape index (κ2) is 52.0. The predicted octanol–water partition coefficient (Wildman–Crippen LogP) is 14.4. The molecule has 4 atom stereocenters. The van der Waals surface area contributed by atoms with Gasteiger partial charge in [0.15, 0.2) is 0 Å². The van der Waals surface area contributed by atoms with Gasteiger partial charge in [0.05, 0.1) is 191 Å². The zero-order chi connectivity index (χ0) is 99.0. The van der Waals surface area contributed by atoms with E-state index in [0.717, 1.165) is 248 Å². The van der Waals surface area contributed by atoms with Crippen LogP contribution in [0, 0.1) is 0 Å². The largest absolute Gasteiger partial charge is 0.395 e. The Hall–Kier alpha value is -7.91. The lowest BCUT2D eigenvalue weighted by Crippen LogP contribution is -2.64. The van der Waals surface area contributed by atoms with Gasteiger partial charge in [0.2, 0.25) is 0 Å². The predicted molar refractivity (Wildman–Crippen MR) is 569 cm³/mol. The van der Waals surface area contributed by atoms with E-state index in [4.69, 9.17) is 28.8 Å². The summed E-state index contributed by atoms with van der Waals surface area (Å²) in [4.78, 5) is 66.7. The first-order valence-corrected chi connectivity index (χ1v) is 53.2. The van der Waals surface area contributed by atoms with Crippen molar-refractivity contribution < 1.29 is 33.9 Å². The third kappa shape index (κ3) is 30.6. The summed E-state index contributed by atoms with van der Waals surface area (Å²) in [6, 6.07) is 35.4. The van der Waals surface area contributed by atoms with Crippen LogP contribution in [0.2, 0.25) is 0 Å². The monoisotopic (exact) mass is 1920 g/mol. The third-order valence-electron chi connectivity index (χ3n) is 30.1. The van der Waals surface area contributed by atoms with Gasteiger partial charge in [-0.15, -0.1) is 0 Å². The van der Waals surface area contributed by atoms with Gasteiger partial charge in [-0.1, -0.05) is 104 Å². The molecule has 0 radical (unpaired) electrons. The summed E-state index contributed by atoms with van der Waals surface area (Å²) in [5.41, 5.74) is 16.6. The van der Waals surface area contributed by atoms with Gasteiger partial charge in [-0.2, -0.15) is 0 Å². The Kier molecular flexibility index (Phi) is 40.6. The number of ether oxygens (including phenoxy) is 5. The lowest BCUT2D eigenvalue weighted by atomic mass is 9.97. The van der Waals surface area contributed by atoms with Crippen LogP contribution in [0.1, 0.15) is 233 Å². The Labute approximate surface area is 836 Å². The number of aliphatic hydroxyl groups is 2. The average molecular weight is 1920 g/mol. The van der Waals surface area contributed by atoms with E-state index in [-0.39, 0.29) is 12.1 Å². The fourth-order valence-electron chi connectivity index (χ4n) is 20.3. The van der Waals surface area contributed by atoms with Crippen molar-refractivity contribution in [1.82, 2.24) is 69.2 Å². The van der Waals surface area contributed by atoms with Crippen LogP contribution < -0.4 is 34.3 Å². The number of nitrogens with zero attached hydrogens (tertiary/aromatic N) is 21. The number of piperazine rings is 7. The van der Waals surface area contributed by atoms with Gasteiger partial charge in [-0.05, 0) is 174 Å². The molecule has 0 aromatic carbocycles. The number of aromatic nitrogens is 7. The molecule has 4 unspecified atom stereocenters. The van der Waals surface area contributed by atoms with E-state index in [1.54, 1.807) is 0 Å². The zero-order valence-corrected chi connectivity index (χ0v) is 89.0. The average Bonchev–Trinajstić information content (AvgIpc) is 0.786. The molecule has 0 spiro atoms. The van der Waals surface area contributed by atoms with Crippen molar-refractivity contribution in [1.29, 1.82) is 0 Å². The first kappa shape index (κ1) is 108. The molecule has 0 bridgehead atoms. The van der Waals surface area contributed by atoms with Crippen molar-refractivity contribution in [2.45, 2.75) is 253 Å². The quantitative estimate of drug-likeness (QED) is 0.0574. The Morgan fingerprint density at radius 1 is 0.331 bits per heavy atom. The van der Waals surface area contributed by atoms with E-state index in [2.05, 4.69) is 326 Å². The molecule has 12 aliphatic rings. The highest BCUT2D eigenvalue weighted by Crippen LogP contribution is 2.34. The van der Waals surface area contributed by atoms with Crippen LogP contribution in [0.5, 0.6) is 0 Å². The third-order valence-corrected chi connectivity index (χ3v) is 30.1. The number of aliphatic hydroxyl groups excluding tert-OH is 1. The van der Waals surface area contributed by atoms with Crippen molar-refractivity contribution in [3.63, 3.8) is 0 Å². The summed E-state index contributed by atoms with van der Waals surface area (Å²) in [5.74, 6) is 3.45. The number of hydrogen-bond acceptors (Lipinski definition) is 28. The van der Waals surface area contributed by atoms with Crippen LogP contribution in [-0.4, -0.2) is 382 Å². The van der Waals surface area contributed by atoms with Crippen molar-refractivity contribution in [2.75, 3.05) is 277 Å². The van der Waals surface area contributed by atoms with Crippen LogP contribution in [0.15, 0.2) is 128 Å². The molecular weight excluding hydrogens is 1740 g/mol. The molecule has 12 aliphatic heterocycles. The molecule has 0 amide bonds. The van der Waals surface area contributed by atoms with Gasteiger partial charge in [0, 0.05) is 234 Å². The summed E-state index contributed by atoms with van der Waals surface area (Å²) >= 11 is 0. The normalized spacial score (nSPS) is 22.6. The molecule has 19 rings (SSSR count).